The molecule has 1 saturated heterocycles. The van der Waals surface area contributed by atoms with Crippen LogP contribution in [0.15, 0.2) is 22.7 Å². The standard InChI is InChI=1S/C14H18BrClN2O/c1-14(2)9-18(7-6-17(14)3)13(19)10-4-5-12(16)11(15)8-10/h4-5,8H,6-7,9H2,1-3H3. The molecule has 0 unspecified atom stereocenters. The van der Waals surface area contributed by atoms with Crippen molar-refractivity contribution in [2.45, 2.75) is 19.4 Å². The smallest absolute Gasteiger partial charge is 0.254 e. The molecule has 3 nitrogen and oxygen atoms in total. The Morgan fingerprint density at radius 1 is 1.37 bits per heavy atom. The minimum absolute atomic E-state index is 0.0115. The van der Waals surface area contributed by atoms with Gasteiger partial charge in [-0.15, -0.1) is 0 Å². The first kappa shape index (κ1) is 14.8. The molecule has 0 radical (unpaired) electrons. The Morgan fingerprint density at radius 2 is 2.05 bits per heavy atom. The van der Waals surface area contributed by atoms with Crippen molar-refractivity contribution in [1.82, 2.24) is 9.80 Å². The van der Waals surface area contributed by atoms with E-state index < -0.39 is 0 Å². The number of halogens is 2. The van der Waals surface area contributed by atoms with Gasteiger partial charge in [0.15, 0.2) is 0 Å². The Bertz CT molecular complexity index is 504. The van der Waals surface area contributed by atoms with Crippen LogP contribution in [0.2, 0.25) is 5.02 Å². The maximum atomic E-state index is 12.5. The van der Waals surface area contributed by atoms with E-state index >= 15 is 0 Å². The zero-order valence-electron chi connectivity index (χ0n) is 11.4. The fourth-order valence-electron chi connectivity index (χ4n) is 2.23. The van der Waals surface area contributed by atoms with Crippen LogP contribution in [0.1, 0.15) is 24.2 Å². The Labute approximate surface area is 127 Å². The van der Waals surface area contributed by atoms with Gasteiger partial charge in [0, 0.05) is 35.2 Å². The van der Waals surface area contributed by atoms with E-state index in [-0.39, 0.29) is 11.4 Å². The average molecular weight is 346 g/mol. The SMILES string of the molecule is CN1CCN(C(=O)c2ccc(Cl)c(Br)c2)CC1(C)C. The number of benzene rings is 1. The van der Waals surface area contributed by atoms with E-state index in [1.54, 1.807) is 18.2 Å². The van der Waals surface area contributed by atoms with Crippen LogP contribution in [0.4, 0.5) is 0 Å². The van der Waals surface area contributed by atoms with E-state index in [0.29, 0.717) is 10.6 Å². The van der Waals surface area contributed by atoms with Crippen molar-refractivity contribution in [3.8, 4) is 0 Å². The van der Waals surface area contributed by atoms with Gasteiger partial charge in [-0.1, -0.05) is 11.6 Å². The summed E-state index contributed by atoms with van der Waals surface area (Å²) >= 11 is 9.32. The lowest BCUT2D eigenvalue weighted by Gasteiger charge is -2.45. The van der Waals surface area contributed by atoms with E-state index in [1.165, 1.54) is 0 Å². The van der Waals surface area contributed by atoms with Crippen molar-refractivity contribution >= 4 is 33.4 Å². The van der Waals surface area contributed by atoms with Crippen LogP contribution >= 0.6 is 27.5 Å². The van der Waals surface area contributed by atoms with E-state index in [1.807, 2.05) is 4.90 Å². The molecule has 1 fully saturated rings. The lowest BCUT2D eigenvalue weighted by atomic mass is 9.99. The summed E-state index contributed by atoms with van der Waals surface area (Å²) in [6, 6.07) is 5.32. The zero-order valence-corrected chi connectivity index (χ0v) is 13.8. The molecule has 0 aliphatic carbocycles. The fraction of sp³-hybridized carbons (Fsp3) is 0.500. The number of piperazine rings is 1. The number of nitrogens with zero attached hydrogens (tertiary/aromatic N) is 2. The molecule has 1 amide bonds. The fourth-order valence-corrected chi connectivity index (χ4v) is 2.72. The van der Waals surface area contributed by atoms with Gasteiger partial charge in [0.1, 0.15) is 0 Å². The number of carbonyl (C=O) groups excluding carboxylic acids is 1. The molecule has 104 valence electrons. The molecular formula is C14H18BrClN2O. The molecule has 1 aromatic rings. The highest BCUT2D eigenvalue weighted by Gasteiger charge is 2.33. The second-order valence-corrected chi connectivity index (χ2v) is 6.85. The molecule has 5 heteroatoms. The Balaban J connectivity index is 2.18. The van der Waals surface area contributed by atoms with E-state index in [9.17, 15) is 4.79 Å². The molecule has 0 atom stereocenters. The van der Waals surface area contributed by atoms with E-state index in [2.05, 4.69) is 41.7 Å². The average Bonchev–Trinajstić information content (AvgIpc) is 2.35. The predicted molar refractivity (Wildman–Crippen MR) is 81.8 cm³/mol. The molecular weight excluding hydrogens is 328 g/mol. The predicted octanol–water partition coefficient (Wildman–Crippen LogP) is 3.27. The Kier molecular flexibility index (Phi) is 4.23. The Morgan fingerprint density at radius 3 is 2.63 bits per heavy atom. The maximum Gasteiger partial charge on any atom is 0.254 e. The van der Waals surface area contributed by atoms with Crippen LogP contribution in [-0.4, -0.2) is 47.9 Å². The highest BCUT2D eigenvalue weighted by atomic mass is 79.9. The Hall–Kier alpha value is -0.580. The van der Waals surface area contributed by atoms with Crippen LogP contribution in [0.25, 0.3) is 0 Å². The van der Waals surface area contributed by atoms with Gasteiger partial charge in [-0.3, -0.25) is 9.69 Å². The maximum absolute atomic E-state index is 12.5. The molecule has 0 bridgehead atoms. The molecule has 1 aromatic carbocycles. The molecule has 1 aliphatic rings. The molecule has 0 aromatic heterocycles. The molecule has 1 aliphatic heterocycles. The normalized spacial score (nSPS) is 19.5. The topological polar surface area (TPSA) is 23.6 Å². The van der Waals surface area contributed by atoms with Gasteiger partial charge in [-0.2, -0.15) is 0 Å². The van der Waals surface area contributed by atoms with Crippen molar-refractivity contribution in [1.29, 1.82) is 0 Å². The number of carbonyl (C=O) groups is 1. The summed E-state index contributed by atoms with van der Waals surface area (Å²) in [5.41, 5.74) is 0.689. The number of amides is 1. The summed E-state index contributed by atoms with van der Waals surface area (Å²) in [7, 11) is 2.10. The number of likely N-dealkylation sites (N-methyl/N-ethyl adjacent to an activating group) is 1. The zero-order chi connectivity index (χ0) is 14.2. The van der Waals surface area contributed by atoms with Gasteiger partial charge >= 0.3 is 0 Å². The summed E-state index contributed by atoms with van der Waals surface area (Å²) in [5.74, 6) is 0.0681. The summed E-state index contributed by atoms with van der Waals surface area (Å²) < 4.78 is 0.758. The molecule has 19 heavy (non-hydrogen) atoms. The van der Waals surface area contributed by atoms with Crippen LogP contribution in [-0.2, 0) is 0 Å². The van der Waals surface area contributed by atoms with Crippen LogP contribution in [0.5, 0.6) is 0 Å². The quantitative estimate of drug-likeness (QED) is 0.780. The summed E-state index contributed by atoms with van der Waals surface area (Å²) in [6.45, 7) is 6.71. The first-order chi connectivity index (χ1) is 8.81. The van der Waals surface area contributed by atoms with Gasteiger partial charge in [0.25, 0.3) is 5.91 Å². The van der Waals surface area contributed by atoms with Crippen LogP contribution in [0.3, 0.4) is 0 Å². The molecule has 1 heterocycles. The van der Waals surface area contributed by atoms with Crippen LogP contribution in [0, 0.1) is 0 Å². The second kappa shape index (κ2) is 5.43. The summed E-state index contributed by atoms with van der Waals surface area (Å²) in [4.78, 5) is 16.7. The van der Waals surface area contributed by atoms with Gasteiger partial charge in [-0.25, -0.2) is 0 Å². The van der Waals surface area contributed by atoms with E-state index in [4.69, 9.17) is 11.6 Å². The van der Waals surface area contributed by atoms with Gasteiger partial charge in [0.05, 0.1) is 5.02 Å². The highest BCUT2D eigenvalue weighted by Crippen LogP contribution is 2.25. The lowest BCUT2D eigenvalue weighted by Crippen LogP contribution is -2.58. The first-order valence-corrected chi connectivity index (χ1v) is 7.44. The lowest BCUT2D eigenvalue weighted by molar-refractivity contribution is 0.0311. The van der Waals surface area contributed by atoms with Crippen molar-refractivity contribution in [3.63, 3.8) is 0 Å². The van der Waals surface area contributed by atoms with Crippen molar-refractivity contribution in [3.05, 3.63) is 33.3 Å². The van der Waals surface area contributed by atoms with Gasteiger partial charge in [-0.05, 0) is 55.0 Å². The minimum Gasteiger partial charge on any atom is -0.336 e. The summed E-state index contributed by atoms with van der Waals surface area (Å²) in [6.07, 6.45) is 0. The number of hydrogen-bond acceptors (Lipinski definition) is 2. The third-order valence-electron chi connectivity index (χ3n) is 3.77. The number of rotatable bonds is 1. The minimum atomic E-state index is 0.0115. The third-order valence-corrected chi connectivity index (χ3v) is 4.98. The monoisotopic (exact) mass is 344 g/mol. The van der Waals surface area contributed by atoms with E-state index in [0.717, 1.165) is 24.1 Å². The largest absolute Gasteiger partial charge is 0.336 e. The van der Waals surface area contributed by atoms with Gasteiger partial charge in [0.2, 0.25) is 0 Å². The van der Waals surface area contributed by atoms with Crippen molar-refractivity contribution < 1.29 is 4.79 Å². The first-order valence-electron chi connectivity index (χ1n) is 6.27. The highest BCUT2D eigenvalue weighted by molar-refractivity contribution is 9.10. The van der Waals surface area contributed by atoms with Crippen molar-refractivity contribution in [2.24, 2.45) is 0 Å². The third kappa shape index (κ3) is 3.12. The van der Waals surface area contributed by atoms with Crippen molar-refractivity contribution in [2.75, 3.05) is 26.7 Å². The molecule has 0 N–H and O–H groups in total. The summed E-state index contributed by atoms with van der Waals surface area (Å²) in [5, 5.41) is 0.621. The van der Waals surface area contributed by atoms with Gasteiger partial charge < -0.3 is 4.90 Å². The molecule has 2 rings (SSSR count). The second-order valence-electron chi connectivity index (χ2n) is 5.59. The van der Waals surface area contributed by atoms with Crippen LogP contribution < -0.4 is 0 Å². The number of hydrogen-bond donors (Lipinski definition) is 0. The molecule has 0 spiro atoms. The molecule has 0 saturated carbocycles.